The second-order valence-electron chi connectivity index (χ2n) is 4.75. The number of H-pyrrole nitrogens is 1. The maximum Gasteiger partial charge on any atom is 0.360 e. The van der Waals surface area contributed by atoms with E-state index in [0.717, 1.165) is 11.1 Å². The maximum atomic E-state index is 11.6. The average Bonchev–Trinajstić information content (AvgIpc) is 2.92. The maximum absolute atomic E-state index is 11.6. The molecule has 3 aromatic rings. The summed E-state index contributed by atoms with van der Waals surface area (Å²) in [6.45, 7) is 2.53. The Kier molecular flexibility index (Phi) is 4.27. The van der Waals surface area contributed by atoms with Crippen molar-refractivity contribution in [2.75, 3.05) is 0 Å². The van der Waals surface area contributed by atoms with E-state index in [1.807, 2.05) is 17.7 Å². The first-order valence-electron chi connectivity index (χ1n) is 6.27. The largest absolute Gasteiger partial charge is 0.476 e. The van der Waals surface area contributed by atoms with Crippen molar-refractivity contribution in [3.05, 3.63) is 58.0 Å². The zero-order valence-corrected chi connectivity index (χ0v) is 12.4. The van der Waals surface area contributed by atoms with Crippen molar-refractivity contribution in [3.63, 3.8) is 0 Å². The Morgan fingerprint density at radius 1 is 1.41 bits per heavy atom. The number of carboxylic acid groups (broad SMARTS) is 1. The summed E-state index contributed by atoms with van der Waals surface area (Å²) in [5.74, 6) is -1.34. The minimum atomic E-state index is -1.34. The van der Waals surface area contributed by atoms with Gasteiger partial charge >= 0.3 is 5.97 Å². The van der Waals surface area contributed by atoms with Crippen LogP contribution < -0.4 is 5.56 Å². The van der Waals surface area contributed by atoms with E-state index in [2.05, 4.69) is 15.0 Å². The summed E-state index contributed by atoms with van der Waals surface area (Å²) in [7, 11) is 0. The highest BCUT2D eigenvalue weighted by Gasteiger charge is 2.13. The van der Waals surface area contributed by atoms with Gasteiger partial charge in [0.05, 0.1) is 17.4 Å². The van der Waals surface area contributed by atoms with Crippen LogP contribution in [0, 0.1) is 6.92 Å². The topological polar surface area (TPSA) is 101 Å². The monoisotopic (exact) mass is 320 g/mol. The van der Waals surface area contributed by atoms with Gasteiger partial charge in [0.2, 0.25) is 5.69 Å². The molecule has 0 spiro atoms. The number of aromatic carboxylic acids is 1. The Balaban J connectivity index is 0.00000176. The van der Waals surface area contributed by atoms with Gasteiger partial charge in [-0.2, -0.15) is 0 Å². The van der Waals surface area contributed by atoms with Gasteiger partial charge in [0.15, 0.2) is 0 Å². The van der Waals surface area contributed by atoms with Crippen molar-refractivity contribution < 1.29 is 9.90 Å². The Morgan fingerprint density at radius 3 is 2.82 bits per heavy atom. The van der Waals surface area contributed by atoms with Crippen LogP contribution in [0.25, 0.3) is 11.0 Å². The Hall–Kier alpha value is -2.67. The van der Waals surface area contributed by atoms with Gasteiger partial charge in [0, 0.05) is 18.9 Å². The third kappa shape index (κ3) is 2.84. The fraction of sp³-hybridized carbons (Fsp3) is 0.143. The molecule has 0 saturated heterocycles. The van der Waals surface area contributed by atoms with Gasteiger partial charge in [0.25, 0.3) is 5.56 Å². The molecule has 1 aromatic carbocycles. The number of hydrogen-bond donors (Lipinski definition) is 2. The van der Waals surface area contributed by atoms with Gasteiger partial charge < -0.3 is 14.7 Å². The van der Waals surface area contributed by atoms with Gasteiger partial charge in [-0.05, 0) is 30.2 Å². The highest BCUT2D eigenvalue weighted by Crippen LogP contribution is 2.17. The molecule has 3 rings (SSSR count). The summed E-state index contributed by atoms with van der Waals surface area (Å²) >= 11 is 0. The summed E-state index contributed by atoms with van der Waals surface area (Å²) in [4.78, 5) is 33.1. The van der Waals surface area contributed by atoms with Gasteiger partial charge in [0.1, 0.15) is 0 Å². The van der Waals surface area contributed by atoms with Crippen LogP contribution in [0.4, 0.5) is 0 Å². The molecule has 114 valence electrons. The summed E-state index contributed by atoms with van der Waals surface area (Å²) in [5, 5.41) is 8.96. The van der Waals surface area contributed by atoms with Crippen LogP contribution in [0.5, 0.6) is 0 Å². The molecule has 2 heterocycles. The van der Waals surface area contributed by atoms with Crippen LogP contribution >= 0.6 is 12.4 Å². The van der Waals surface area contributed by atoms with Gasteiger partial charge in [-0.15, -0.1) is 12.4 Å². The normalized spacial score (nSPS) is 10.4. The molecule has 0 aliphatic rings. The van der Waals surface area contributed by atoms with E-state index in [1.165, 1.54) is 0 Å². The first kappa shape index (κ1) is 15.7. The number of halogens is 1. The zero-order chi connectivity index (χ0) is 15.0. The molecule has 0 aliphatic heterocycles. The molecule has 2 aromatic heterocycles. The van der Waals surface area contributed by atoms with E-state index in [-0.39, 0.29) is 12.4 Å². The number of aryl methyl sites for hydroxylation is 1. The third-order valence-electron chi connectivity index (χ3n) is 3.26. The standard InChI is InChI=1S/C14H12N4O3.ClH/c1-8-4-10-11(16-12(14(20)21)13(19)17-10)5-9(8)6-18-3-2-15-7-18;/h2-5,7H,6H2,1H3,(H,17,19)(H,20,21);1H. The SMILES string of the molecule is Cc1cc2[nH]c(=O)c(C(=O)O)nc2cc1Cn1ccnc1.Cl. The van der Waals surface area contributed by atoms with Gasteiger partial charge in [-0.3, -0.25) is 4.79 Å². The van der Waals surface area contributed by atoms with Crippen LogP contribution in [0.15, 0.2) is 35.6 Å². The van der Waals surface area contributed by atoms with Crippen molar-refractivity contribution in [2.24, 2.45) is 0 Å². The fourth-order valence-corrected chi connectivity index (χ4v) is 2.18. The quantitative estimate of drug-likeness (QED) is 0.763. The van der Waals surface area contributed by atoms with Crippen molar-refractivity contribution in [1.82, 2.24) is 19.5 Å². The molecule has 0 aliphatic carbocycles. The molecular formula is C14H13ClN4O3. The molecule has 2 N–H and O–H groups in total. The van der Waals surface area contributed by atoms with Crippen molar-refractivity contribution in [2.45, 2.75) is 13.5 Å². The lowest BCUT2D eigenvalue weighted by Crippen LogP contribution is -2.20. The Morgan fingerprint density at radius 2 is 2.18 bits per heavy atom. The summed E-state index contributed by atoms with van der Waals surface area (Å²) in [6, 6.07) is 3.58. The van der Waals surface area contributed by atoms with Crippen LogP contribution in [0.1, 0.15) is 21.6 Å². The number of carboxylic acids is 1. The van der Waals surface area contributed by atoms with Crippen molar-refractivity contribution in [1.29, 1.82) is 0 Å². The molecule has 0 saturated carbocycles. The summed E-state index contributed by atoms with van der Waals surface area (Å²) in [5.41, 5.74) is 1.74. The predicted molar refractivity (Wildman–Crippen MR) is 82.6 cm³/mol. The number of imidazole rings is 1. The predicted octanol–water partition coefficient (Wildman–Crippen LogP) is 1.60. The second-order valence-corrected chi connectivity index (χ2v) is 4.75. The lowest BCUT2D eigenvalue weighted by molar-refractivity contribution is 0.0689. The average molecular weight is 321 g/mol. The molecule has 0 radical (unpaired) electrons. The van der Waals surface area contributed by atoms with E-state index >= 15 is 0 Å². The number of rotatable bonds is 3. The molecule has 8 heteroatoms. The number of aromatic amines is 1. The van der Waals surface area contributed by atoms with E-state index in [1.54, 1.807) is 24.7 Å². The summed E-state index contributed by atoms with van der Waals surface area (Å²) in [6.07, 6.45) is 5.23. The minimum absolute atomic E-state index is 0. The number of benzene rings is 1. The smallest absolute Gasteiger partial charge is 0.360 e. The van der Waals surface area contributed by atoms with E-state index in [4.69, 9.17) is 5.11 Å². The number of nitrogens with zero attached hydrogens (tertiary/aromatic N) is 3. The van der Waals surface area contributed by atoms with Crippen molar-refractivity contribution in [3.8, 4) is 0 Å². The fourth-order valence-electron chi connectivity index (χ4n) is 2.18. The summed E-state index contributed by atoms with van der Waals surface area (Å²) < 4.78 is 1.90. The molecule has 0 unspecified atom stereocenters. The number of carbonyl (C=O) groups is 1. The lowest BCUT2D eigenvalue weighted by Gasteiger charge is -2.09. The van der Waals surface area contributed by atoms with Crippen LogP contribution in [0.3, 0.4) is 0 Å². The number of aromatic nitrogens is 4. The zero-order valence-electron chi connectivity index (χ0n) is 11.6. The lowest BCUT2D eigenvalue weighted by atomic mass is 10.1. The number of nitrogens with one attached hydrogen (secondary N) is 1. The Bertz CT molecular complexity index is 887. The molecule has 0 atom stereocenters. The Labute approximate surface area is 131 Å². The third-order valence-corrected chi connectivity index (χ3v) is 3.26. The first-order valence-corrected chi connectivity index (χ1v) is 6.27. The highest BCUT2D eigenvalue weighted by molar-refractivity contribution is 5.88. The van der Waals surface area contributed by atoms with Gasteiger partial charge in [-0.1, -0.05) is 0 Å². The van der Waals surface area contributed by atoms with E-state index in [9.17, 15) is 9.59 Å². The second kappa shape index (κ2) is 5.98. The molecule has 0 amide bonds. The van der Waals surface area contributed by atoms with Crippen LogP contribution in [0.2, 0.25) is 0 Å². The first-order chi connectivity index (χ1) is 10.0. The van der Waals surface area contributed by atoms with Gasteiger partial charge in [-0.25, -0.2) is 14.8 Å². The number of fused-ring (bicyclic) bond motifs is 1. The van der Waals surface area contributed by atoms with E-state index < -0.39 is 17.2 Å². The molecular weight excluding hydrogens is 308 g/mol. The highest BCUT2D eigenvalue weighted by atomic mass is 35.5. The molecule has 22 heavy (non-hydrogen) atoms. The molecule has 0 bridgehead atoms. The van der Waals surface area contributed by atoms with Crippen LogP contribution in [-0.2, 0) is 6.54 Å². The molecule has 0 fully saturated rings. The molecule has 7 nitrogen and oxygen atoms in total. The number of hydrogen-bond acceptors (Lipinski definition) is 4. The van der Waals surface area contributed by atoms with Crippen molar-refractivity contribution >= 4 is 29.4 Å². The van der Waals surface area contributed by atoms with E-state index in [0.29, 0.717) is 17.6 Å². The minimum Gasteiger partial charge on any atom is -0.476 e. The van der Waals surface area contributed by atoms with Crippen LogP contribution in [-0.4, -0.2) is 30.6 Å².